The van der Waals surface area contributed by atoms with Gasteiger partial charge in [-0.1, -0.05) is 24.4 Å². The molecule has 0 amide bonds. The van der Waals surface area contributed by atoms with Gasteiger partial charge in [-0.2, -0.15) is 0 Å². The van der Waals surface area contributed by atoms with Crippen molar-refractivity contribution in [1.82, 2.24) is 0 Å². The van der Waals surface area contributed by atoms with Crippen molar-refractivity contribution in [2.45, 2.75) is 25.7 Å². The van der Waals surface area contributed by atoms with E-state index in [0.717, 1.165) is 44.5 Å². The molecule has 0 spiro atoms. The Hall–Kier alpha value is -2.48. The zero-order valence-electron chi connectivity index (χ0n) is 14.7. The summed E-state index contributed by atoms with van der Waals surface area (Å²) in [6.45, 7) is 1.54. The van der Waals surface area contributed by atoms with E-state index in [1.807, 2.05) is 12.1 Å². The summed E-state index contributed by atoms with van der Waals surface area (Å²) in [6.07, 6.45) is 5.74. The van der Waals surface area contributed by atoms with Gasteiger partial charge in [-0.3, -0.25) is 15.0 Å². The van der Waals surface area contributed by atoms with E-state index in [1.54, 1.807) is 19.2 Å². The number of benzene rings is 1. The lowest BCUT2D eigenvalue weighted by Gasteiger charge is -2.03. The minimum absolute atomic E-state index is 0.174. The van der Waals surface area contributed by atoms with Gasteiger partial charge in [0.25, 0.3) is 0 Å². The number of nitrogens with two attached hydrogens (primary N) is 4. The number of guanidine groups is 2. The second-order valence-electron chi connectivity index (χ2n) is 5.02. The highest BCUT2D eigenvalue weighted by Gasteiger charge is 1.92. The number of nitrogens with one attached hydrogen (secondary N) is 1. The van der Waals surface area contributed by atoms with Crippen LogP contribution in [0.2, 0.25) is 5.02 Å². The van der Waals surface area contributed by atoms with Crippen LogP contribution in [0.25, 0.3) is 0 Å². The molecule has 0 fully saturated rings. The Labute approximate surface area is 154 Å². The van der Waals surface area contributed by atoms with Crippen molar-refractivity contribution in [2.24, 2.45) is 37.9 Å². The van der Waals surface area contributed by atoms with Crippen LogP contribution in [0.1, 0.15) is 25.7 Å². The van der Waals surface area contributed by atoms with Crippen molar-refractivity contribution in [3.63, 3.8) is 0 Å². The largest absolute Gasteiger partial charge is 0.390 e. The fourth-order valence-corrected chi connectivity index (χ4v) is 1.81. The summed E-state index contributed by atoms with van der Waals surface area (Å²) in [4.78, 5) is 11.5. The Kier molecular flexibility index (Phi) is 13.6. The molecular formula is C16H29ClN8. The molecule has 0 bridgehead atoms. The molecule has 25 heavy (non-hydrogen) atoms. The van der Waals surface area contributed by atoms with Crippen LogP contribution in [-0.2, 0) is 0 Å². The molecule has 8 nitrogen and oxygen atoms in total. The van der Waals surface area contributed by atoms with Crippen LogP contribution in [0, 0.1) is 0 Å². The normalized spacial score (nSPS) is 10.9. The molecule has 0 aliphatic carbocycles. The number of aliphatic imine (C=N–C) groups is 3. The molecule has 0 saturated carbocycles. The van der Waals surface area contributed by atoms with E-state index in [2.05, 4.69) is 20.3 Å². The number of anilines is 1. The van der Waals surface area contributed by atoms with Crippen molar-refractivity contribution >= 4 is 35.5 Å². The first kappa shape index (κ1) is 22.5. The van der Waals surface area contributed by atoms with Crippen molar-refractivity contribution < 1.29 is 0 Å². The monoisotopic (exact) mass is 368 g/mol. The van der Waals surface area contributed by atoms with Gasteiger partial charge in [0.2, 0.25) is 0 Å². The molecule has 1 rings (SSSR count). The van der Waals surface area contributed by atoms with Gasteiger partial charge in [-0.05, 0) is 37.1 Å². The maximum Gasteiger partial charge on any atom is 0.192 e. The summed E-state index contributed by atoms with van der Waals surface area (Å²) in [5.41, 5.74) is 21.7. The van der Waals surface area contributed by atoms with Crippen LogP contribution >= 0.6 is 11.6 Å². The van der Waals surface area contributed by atoms with Crippen molar-refractivity contribution in [1.29, 1.82) is 0 Å². The molecule has 0 heterocycles. The Morgan fingerprint density at radius 3 is 2.16 bits per heavy atom. The van der Waals surface area contributed by atoms with Crippen LogP contribution in [0.4, 0.5) is 5.69 Å². The summed E-state index contributed by atoms with van der Waals surface area (Å²) in [5, 5.41) is 3.59. The van der Waals surface area contributed by atoms with E-state index in [0.29, 0.717) is 11.0 Å². The van der Waals surface area contributed by atoms with Gasteiger partial charge in [-0.25, -0.2) is 0 Å². The number of hydrogen-bond donors (Lipinski definition) is 5. The average Bonchev–Trinajstić information content (AvgIpc) is 2.59. The van der Waals surface area contributed by atoms with Crippen LogP contribution in [0.3, 0.4) is 0 Å². The van der Waals surface area contributed by atoms with E-state index in [9.17, 15) is 0 Å². The fourth-order valence-electron chi connectivity index (χ4n) is 1.69. The predicted molar refractivity (Wildman–Crippen MR) is 109 cm³/mol. The van der Waals surface area contributed by atoms with Gasteiger partial charge in [0.05, 0.1) is 6.34 Å². The second-order valence-corrected chi connectivity index (χ2v) is 5.45. The minimum Gasteiger partial charge on any atom is -0.390 e. The summed E-state index contributed by atoms with van der Waals surface area (Å²) in [5.74, 6) is 0.560. The topological polar surface area (TPSA) is 153 Å². The maximum absolute atomic E-state index is 5.69. The van der Waals surface area contributed by atoms with E-state index in [1.165, 1.54) is 6.34 Å². The molecule has 0 saturated heterocycles. The van der Waals surface area contributed by atoms with Crippen molar-refractivity contribution in [3.05, 3.63) is 29.3 Å². The first-order chi connectivity index (χ1) is 12.0. The fraction of sp³-hybridized carbons (Fsp3) is 0.438. The molecule has 9 N–H and O–H groups in total. The SMILES string of the molecule is CN=C(N)Nc1ccc(Cl)cc1.NC=NCCCCCCN=C(N)N. The number of halogens is 1. The Morgan fingerprint density at radius 2 is 1.64 bits per heavy atom. The minimum atomic E-state index is 0.174. The molecule has 0 aromatic heterocycles. The number of nitrogens with zero attached hydrogens (tertiary/aromatic N) is 3. The molecule has 140 valence electrons. The second kappa shape index (κ2) is 15.1. The lowest BCUT2D eigenvalue weighted by Crippen LogP contribution is -2.22. The summed E-state index contributed by atoms with van der Waals surface area (Å²) in [6, 6.07) is 7.24. The average molecular weight is 369 g/mol. The molecule has 0 radical (unpaired) electrons. The maximum atomic E-state index is 5.69. The Bertz CT molecular complexity index is 536. The summed E-state index contributed by atoms with van der Waals surface area (Å²) >= 11 is 5.69. The highest BCUT2D eigenvalue weighted by atomic mass is 35.5. The van der Waals surface area contributed by atoms with Gasteiger partial charge >= 0.3 is 0 Å². The van der Waals surface area contributed by atoms with Gasteiger partial charge < -0.3 is 28.3 Å². The van der Waals surface area contributed by atoms with Crippen LogP contribution in [0.5, 0.6) is 0 Å². The number of rotatable bonds is 8. The quantitative estimate of drug-likeness (QED) is 0.267. The van der Waals surface area contributed by atoms with E-state index in [-0.39, 0.29) is 5.96 Å². The molecule has 1 aromatic carbocycles. The van der Waals surface area contributed by atoms with Crippen LogP contribution in [0.15, 0.2) is 39.2 Å². The first-order valence-corrected chi connectivity index (χ1v) is 8.37. The van der Waals surface area contributed by atoms with Crippen molar-refractivity contribution in [3.8, 4) is 0 Å². The zero-order chi connectivity index (χ0) is 18.9. The standard InChI is InChI=1S/C8H10ClN3.C8H19N5/c1-11-8(10)12-7-4-2-6(9)3-5-7;9-7-12-5-3-1-2-4-6-13-8(10)11/h2-5H,1H3,(H3,10,11,12);7H,1-6H2,(H2,9,12)(H4,10,11,13). The van der Waals surface area contributed by atoms with Gasteiger partial charge in [0.1, 0.15) is 0 Å². The lowest BCUT2D eigenvalue weighted by molar-refractivity contribution is 0.654. The highest BCUT2D eigenvalue weighted by molar-refractivity contribution is 6.30. The molecule has 9 heteroatoms. The Balaban J connectivity index is 0.000000462. The van der Waals surface area contributed by atoms with Gasteiger partial charge in [0, 0.05) is 30.8 Å². The number of hydrogen-bond acceptors (Lipinski definition) is 3. The van der Waals surface area contributed by atoms with Crippen LogP contribution < -0.4 is 28.3 Å². The molecule has 0 aliphatic heterocycles. The summed E-state index contributed by atoms with van der Waals surface area (Å²) < 4.78 is 0. The van der Waals surface area contributed by atoms with E-state index < -0.39 is 0 Å². The first-order valence-electron chi connectivity index (χ1n) is 7.99. The van der Waals surface area contributed by atoms with Crippen molar-refractivity contribution in [2.75, 3.05) is 25.5 Å². The van der Waals surface area contributed by atoms with Gasteiger partial charge in [0.15, 0.2) is 11.9 Å². The Morgan fingerprint density at radius 1 is 1.04 bits per heavy atom. The third-order valence-corrected chi connectivity index (χ3v) is 3.20. The lowest BCUT2D eigenvalue weighted by atomic mass is 10.2. The number of unbranched alkanes of at least 4 members (excludes halogenated alkanes) is 3. The summed E-state index contributed by atoms with van der Waals surface area (Å²) in [7, 11) is 1.62. The van der Waals surface area contributed by atoms with E-state index in [4.69, 9.17) is 34.5 Å². The molecule has 0 unspecified atom stereocenters. The zero-order valence-corrected chi connectivity index (χ0v) is 15.4. The molecular weight excluding hydrogens is 340 g/mol. The molecule has 0 aliphatic rings. The predicted octanol–water partition coefficient (Wildman–Crippen LogP) is 1.50. The third-order valence-electron chi connectivity index (χ3n) is 2.95. The molecule has 1 aromatic rings. The molecule has 0 atom stereocenters. The van der Waals surface area contributed by atoms with Gasteiger partial charge in [-0.15, -0.1) is 0 Å². The third kappa shape index (κ3) is 14.8. The van der Waals surface area contributed by atoms with Crippen LogP contribution in [-0.4, -0.2) is 38.4 Å². The van der Waals surface area contributed by atoms with E-state index >= 15 is 0 Å². The smallest absolute Gasteiger partial charge is 0.192 e. The highest BCUT2D eigenvalue weighted by Crippen LogP contribution is 2.12.